The van der Waals surface area contributed by atoms with E-state index in [0.29, 0.717) is 23.6 Å². The van der Waals surface area contributed by atoms with Crippen molar-refractivity contribution in [3.05, 3.63) is 63.7 Å². The molecule has 2 aromatic carbocycles. The maximum atomic E-state index is 12.1. The highest BCUT2D eigenvalue weighted by molar-refractivity contribution is 6.31. The molecule has 120 valence electrons. The van der Waals surface area contributed by atoms with Crippen molar-refractivity contribution in [2.75, 3.05) is 5.32 Å². The first-order chi connectivity index (χ1) is 10.9. The summed E-state index contributed by atoms with van der Waals surface area (Å²) < 4.78 is 0. The molecule has 0 atom stereocenters. The minimum atomic E-state index is -1.02. The van der Waals surface area contributed by atoms with Gasteiger partial charge in [-0.3, -0.25) is 4.79 Å². The third-order valence-corrected chi connectivity index (χ3v) is 4.04. The van der Waals surface area contributed by atoms with Crippen molar-refractivity contribution >= 4 is 29.2 Å². The number of carbonyl (C=O) groups excluding carboxylic acids is 1. The first-order valence-corrected chi connectivity index (χ1v) is 7.63. The van der Waals surface area contributed by atoms with E-state index in [1.54, 1.807) is 6.07 Å². The van der Waals surface area contributed by atoms with Gasteiger partial charge in [0.15, 0.2) is 0 Å². The molecule has 0 bridgehead atoms. The molecule has 2 N–H and O–H groups in total. The summed E-state index contributed by atoms with van der Waals surface area (Å²) in [6.45, 7) is 3.75. The smallest absolute Gasteiger partial charge is 0.335 e. The fraction of sp³-hybridized carbons (Fsp3) is 0.222. The summed E-state index contributed by atoms with van der Waals surface area (Å²) in [5, 5.41) is 12.5. The average Bonchev–Trinajstić information content (AvgIpc) is 2.50. The molecule has 0 aliphatic heterocycles. The monoisotopic (exact) mass is 331 g/mol. The number of hydrogen-bond acceptors (Lipinski definition) is 2. The number of aryl methyl sites for hydroxylation is 3. The Labute approximate surface area is 140 Å². The molecule has 23 heavy (non-hydrogen) atoms. The van der Waals surface area contributed by atoms with Crippen LogP contribution in [0.4, 0.5) is 5.69 Å². The molecule has 0 spiro atoms. The highest BCUT2D eigenvalue weighted by Crippen LogP contribution is 2.19. The van der Waals surface area contributed by atoms with Crippen LogP contribution in [0, 0.1) is 13.8 Å². The SMILES string of the molecule is Cc1ccc(CCC(=O)Nc2cc(C(=O)O)ccc2C)cc1Cl. The van der Waals surface area contributed by atoms with Crippen molar-refractivity contribution in [2.24, 2.45) is 0 Å². The topological polar surface area (TPSA) is 66.4 Å². The third kappa shape index (κ3) is 4.57. The number of carbonyl (C=O) groups is 2. The minimum Gasteiger partial charge on any atom is -0.478 e. The van der Waals surface area contributed by atoms with Crippen LogP contribution >= 0.6 is 11.6 Å². The second kappa shape index (κ2) is 7.29. The highest BCUT2D eigenvalue weighted by atomic mass is 35.5. The zero-order valence-electron chi connectivity index (χ0n) is 13.0. The third-order valence-electron chi connectivity index (χ3n) is 3.64. The van der Waals surface area contributed by atoms with Crippen molar-refractivity contribution in [2.45, 2.75) is 26.7 Å². The van der Waals surface area contributed by atoms with E-state index in [1.807, 2.05) is 32.0 Å². The van der Waals surface area contributed by atoms with Crippen LogP contribution in [0.25, 0.3) is 0 Å². The van der Waals surface area contributed by atoms with Crippen molar-refractivity contribution in [1.82, 2.24) is 0 Å². The lowest BCUT2D eigenvalue weighted by atomic mass is 10.1. The predicted octanol–water partition coefficient (Wildman–Crippen LogP) is 4.23. The number of rotatable bonds is 5. The van der Waals surface area contributed by atoms with Gasteiger partial charge in [0.25, 0.3) is 0 Å². The second-order valence-electron chi connectivity index (χ2n) is 5.47. The van der Waals surface area contributed by atoms with Gasteiger partial charge in [0.1, 0.15) is 0 Å². The first kappa shape index (κ1) is 17.0. The fourth-order valence-electron chi connectivity index (χ4n) is 2.15. The molecule has 0 aliphatic carbocycles. The van der Waals surface area contributed by atoms with Crippen LogP contribution in [-0.4, -0.2) is 17.0 Å². The summed E-state index contributed by atoms with van der Waals surface area (Å²) in [6, 6.07) is 10.4. The number of halogens is 1. The molecule has 2 aromatic rings. The lowest BCUT2D eigenvalue weighted by molar-refractivity contribution is -0.116. The molecule has 0 saturated carbocycles. The molecular weight excluding hydrogens is 314 g/mol. The number of carboxylic acid groups (broad SMARTS) is 1. The normalized spacial score (nSPS) is 10.4. The van der Waals surface area contributed by atoms with Gasteiger partial charge in [-0.25, -0.2) is 4.79 Å². The number of benzene rings is 2. The molecule has 0 saturated heterocycles. The fourth-order valence-corrected chi connectivity index (χ4v) is 2.36. The van der Waals surface area contributed by atoms with Crippen LogP contribution < -0.4 is 5.32 Å². The van der Waals surface area contributed by atoms with E-state index in [2.05, 4.69) is 5.32 Å². The average molecular weight is 332 g/mol. The van der Waals surface area contributed by atoms with Crippen LogP contribution in [0.1, 0.15) is 33.5 Å². The molecule has 1 amide bonds. The summed E-state index contributed by atoms with van der Waals surface area (Å²) >= 11 is 6.07. The molecule has 0 aromatic heterocycles. The van der Waals surface area contributed by atoms with Gasteiger partial charge < -0.3 is 10.4 Å². The quantitative estimate of drug-likeness (QED) is 0.861. The number of amides is 1. The summed E-state index contributed by atoms with van der Waals surface area (Å²) in [6.07, 6.45) is 0.875. The molecule has 0 unspecified atom stereocenters. The maximum Gasteiger partial charge on any atom is 0.335 e. The lowest BCUT2D eigenvalue weighted by Gasteiger charge is -2.10. The molecule has 0 fully saturated rings. The van der Waals surface area contributed by atoms with Crippen LogP contribution in [0.3, 0.4) is 0 Å². The Hall–Kier alpha value is -2.33. The largest absolute Gasteiger partial charge is 0.478 e. The number of hydrogen-bond donors (Lipinski definition) is 2. The Morgan fingerprint density at radius 2 is 1.78 bits per heavy atom. The van der Waals surface area contributed by atoms with E-state index in [1.165, 1.54) is 12.1 Å². The van der Waals surface area contributed by atoms with E-state index < -0.39 is 5.97 Å². The molecule has 5 heteroatoms. The molecule has 4 nitrogen and oxygen atoms in total. The molecule has 0 radical (unpaired) electrons. The zero-order chi connectivity index (χ0) is 17.0. The summed E-state index contributed by atoms with van der Waals surface area (Å²) in [5.41, 5.74) is 3.49. The number of nitrogens with one attached hydrogen (secondary N) is 1. The summed E-state index contributed by atoms with van der Waals surface area (Å²) in [5.74, 6) is -1.18. The van der Waals surface area contributed by atoms with Crippen LogP contribution in [0.5, 0.6) is 0 Å². The standard InChI is InChI=1S/C18H18ClNO3/c1-11-3-5-13(9-15(11)19)6-8-17(21)20-16-10-14(18(22)23)7-4-12(16)2/h3-5,7,9-10H,6,8H2,1-2H3,(H,20,21)(H,22,23). The van der Waals surface area contributed by atoms with Crippen molar-refractivity contribution < 1.29 is 14.7 Å². The van der Waals surface area contributed by atoms with E-state index in [0.717, 1.165) is 16.7 Å². The Bertz CT molecular complexity index is 756. The van der Waals surface area contributed by atoms with Crippen LogP contribution in [-0.2, 0) is 11.2 Å². The highest BCUT2D eigenvalue weighted by Gasteiger charge is 2.09. The Morgan fingerprint density at radius 1 is 1.09 bits per heavy atom. The van der Waals surface area contributed by atoms with Crippen molar-refractivity contribution in [3.63, 3.8) is 0 Å². The van der Waals surface area contributed by atoms with Gasteiger partial charge in [0.2, 0.25) is 5.91 Å². The van der Waals surface area contributed by atoms with Crippen molar-refractivity contribution in [3.8, 4) is 0 Å². The Morgan fingerprint density at radius 3 is 2.43 bits per heavy atom. The van der Waals surface area contributed by atoms with Gasteiger partial charge in [-0.15, -0.1) is 0 Å². The lowest BCUT2D eigenvalue weighted by Crippen LogP contribution is -2.14. The summed E-state index contributed by atoms with van der Waals surface area (Å²) in [4.78, 5) is 23.1. The minimum absolute atomic E-state index is 0.149. The van der Waals surface area contributed by atoms with Crippen molar-refractivity contribution in [1.29, 1.82) is 0 Å². The first-order valence-electron chi connectivity index (χ1n) is 7.25. The summed E-state index contributed by atoms with van der Waals surface area (Å²) in [7, 11) is 0. The number of anilines is 1. The molecule has 2 rings (SSSR count). The molecule has 0 heterocycles. The van der Waals surface area contributed by atoms with Gasteiger partial charge in [0, 0.05) is 17.1 Å². The van der Waals surface area contributed by atoms with Crippen LogP contribution in [0.15, 0.2) is 36.4 Å². The van der Waals surface area contributed by atoms with Gasteiger partial charge in [-0.2, -0.15) is 0 Å². The van der Waals surface area contributed by atoms with Gasteiger partial charge in [0.05, 0.1) is 5.56 Å². The van der Waals surface area contributed by atoms with Gasteiger partial charge >= 0.3 is 5.97 Å². The van der Waals surface area contributed by atoms with E-state index >= 15 is 0 Å². The zero-order valence-corrected chi connectivity index (χ0v) is 13.8. The van der Waals surface area contributed by atoms with E-state index in [4.69, 9.17) is 16.7 Å². The Balaban J connectivity index is 2.00. The second-order valence-corrected chi connectivity index (χ2v) is 5.87. The number of aromatic carboxylic acids is 1. The van der Waals surface area contributed by atoms with E-state index in [9.17, 15) is 9.59 Å². The van der Waals surface area contributed by atoms with Gasteiger partial charge in [-0.1, -0.05) is 29.8 Å². The number of carboxylic acids is 1. The maximum absolute atomic E-state index is 12.1. The molecule has 0 aliphatic rings. The molecular formula is C18H18ClNO3. The van der Waals surface area contributed by atoms with Gasteiger partial charge in [-0.05, 0) is 55.2 Å². The predicted molar refractivity (Wildman–Crippen MR) is 91.3 cm³/mol. The van der Waals surface area contributed by atoms with E-state index in [-0.39, 0.29) is 11.5 Å². The Kier molecular flexibility index (Phi) is 5.40. The van der Waals surface area contributed by atoms with Crippen LogP contribution in [0.2, 0.25) is 5.02 Å².